The molecule has 0 bridgehead atoms. The number of nitrogens with one attached hydrogen (secondary N) is 1. The Balaban J connectivity index is 1.93. The molecule has 116 valence electrons. The Hall–Kier alpha value is -2.30. The average molecular weight is 342 g/mol. The molecule has 0 aliphatic carbocycles. The molecule has 0 fully saturated rings. The molecule has 0 saturated carbocycles. The first kappa shape index (κ1) is 15.6. The van der Waals surface area contributed by atoms with Crippen LogP contribution in [0.3, 0.4) is 0 Å². The second-order valence-corrected chi connectivity index (χ2v) is 7.44. The van der Waals surface area contributed by atoms with Crippen LogP contribution in [0.25, 0.3) is 16.6 Å². The second-order valence-electron chi connectivity index (χ2n) is 4.99. The van der Waals surface area contributed by atoms with Crippen molar-refractivity contribution in [3.05, 3.63) is 46.9 Å². The topological polar surface area (TPSA) is 85.6 Å². The van der Waals surface area contributed by atoms with E-state index >= 15 is 0 Å². The van der Waals surface area contributed by atoms with Crippen molar-refractivity contribution in [3.8, 4) is 6.07 Å². The number of aliphatic hydroxyl groups is 1. The van der Waals surface area contributed by atoms with Gasteiger partial charge in [-0.3, -0.25) is 0 Å². The van der Waals surface area contributed by atoms with Crippen LogP contribution < -0.4 is 0 Å². The zero-order chi connectivity index (χ0) is 16.4. The quantitative estimate of drug-likeness (QED) is 0.419. The highest BCUT2D eigenvalue weighted by Crippen LogP contribution is 2.32. The minimum Gasteiger partial charge on any atom is -0.510 e. The molecule has 5 nitrogen and oxygen atoms in total. The smallest absolute Gasteiger partial charge is 0.152 e. The molecular weight excluding hydrogens is 328 g/mol. The normalized spacial score (nSPS) is 13.6. The summed E-state index contributed by atoms with van der Waals surface area (Å²) < 4.78 is 0.864. The van der Waals surface area contributed by atoms with Crippen LogP contribution in [0, 0.1) is 18.3 Å². The number of imidazole rings is 1. The van der Waals surface area contributed by atoms with Crippen molar-refractivity contribution >= 4 is 39.7 Å². The summed E-state index contributed by atoms with van der Waals surface area (Å²) in [7, 11) is 0. The fraction of sp³-hybridized carbons (Fsp3) is 0.188. The van der Waals surface area contributed by atoms with Crippen LogP contribution in [-0.2, 0) is 0 Å². The number of aromatic amines is 1. The lowest BCUT2D eigenvalue weighted by molar-refractivity contribution is 0.402. The maximum absolute atomic E-state index is 10.5. The summed E-state index contributed by atoms with van der Waals surface area (Å²) in [5.41, 5.74) is 2.71. The van der Waals surface area contributed by atoms with Crippen molar-refractivity contribution in [2.24, 2.45) is 0 Å². The number of benzene rings is 1. The van der Waals surface area contributed by atoms with E-state index in [1.165, 1.54) is 23.1 Å². The third-order valence-corrected chi connectivity index (χ3v) is 5.45. The van der Waals surface area contributed by atoms with Crippen LogP contribution in [0.1, 0.15) is 18.4 Å². The molecule has 0 amide bonds. The van der Waals surface area contributed by atoms with Gasteiger partial charge in [-0.1, -0.05) is 23.9 Å². The number of hydrogen-bond acceptors (Lipinski definition) is 6. The van der Waals surface area contributed by atoms with E-state index in [4.69, 9.17) is 0 Å². The fourth-order valence-corrected chi connectivity index (χ4v) is 4.15. The molecule has 0 spiro atoms. The summed E-state index contributed by atoms with van der Waals surface area (Å²) in [6.07, 6.45) is 0. The molecular formula is C16H14N4OS2. The van der Waals surface area contributed by atoms with E-state index in [0.29, 0.717) is 5.82 Å². The molecule has 0 radical (unpaired) electrons. The number of rotatable bonds is 4. The number of thioether (sulfide) groups is 1. The Morgan fingerprint density at radius 2 is 2.17 bits per heavy atom. The summed E-state index contributed by atoms with van der Waals surface area (Å²) in [4.78, 5) is 11.8. The minimum atomic E-state index is -0.289. The van der Waals surface area contributed by atoms with E-state index in [2.05, 4.69) is 21.0 Å². The van der Waals surface area contributed by atoms with Crippen LogP contribution in [0.2, 0.25) is 0 Å². The maximum Gasteiger partial charge on any atom is 0.152 e. The molecule has 23 heavy (non-hydrogen) atoms. The van der Waals surface area contributed by atoms with Crippen molar-refractivity contribution in [2.75, 3.05) is 0 Å². The fourth-order valence-electron chi connectivity index (χ4n) is 2.10. The van der Waals surface area contributed by atoms with E-state index in [0.717, 1.165) is 21.1 Å². The summed E-state index contributed by atoms with van der Waals surface area (Å²) in [5, 5.41) is 21.6. The highest BCUT2D eigenvalue weighted by Gasteiger charge is 2.20. The lowest BCUT2D eigenvalue weighted by atomic mass is 10.2. The van der Waals surface area contributed by atoms with E-state index in [9.17, 15) is 10.4 Å². The predicted molar refractivity (Wildman–Crippen MR) is 93.4 cm³/mol. The Morgan fingerprint density at radius 3 is 2.83 bits per heavy atom. The highest BCUT2D eigenvalue weighted by molar-refractivity contribution is 8.01. The summed E-state index contributed by atoms with van der Waals surface area (Å²) in [5.74, 6) is 0.387. The van der Waals surface area contributed by atoms with Gasteiger partial charge in [0, 0.05) is 11.1 Å². The third kappa shape index (κ3) is 3.23. The van der Waals surface area contributed by atoms with Crippen molar-refractivity contribution in [1.29, 1.82) is 5.26 Å². The first-order valence-corrected chi connectivity index (χ1v) is 8.71. The zero-order valence-electron chi connectivity index (χ0n) is 12.6. The number of H-pyrrole nitrogens is 1. The number of fused-ring (bicyclic) bond motifs is 1. The SMILES string of the molecule is Cc1csc(S[C@@H](C)C(O)=C(C#N)c2nc3ccccc3[nH]2)n1. The van der Waals surface area contributed by atoms with Gasteiger partial charge in [0.1, 0.15) is 17.4 Å². The van der Waals surface area contributed by atoms with E-state index in [1.54, 1.807) is 0 Å². The number of aliphatic hydroxyl groups excluding tert-OH is 1. The van der Waals surface area contributed by atoms with Crippen LogP contribution in [0.15, 0.2) is 39.7 Å². The number of aryl methyl sites for hydroxylation is 1. The number of hydrogen-bond donors (Lipinski definition) is 2. The molecule has 2 heterocycles. The molecule has 2 aromatic heterocycles. The Morgan fingerprint density at radius 1 is 1.39 bits per heavy atom. The zero-order valence-corrected chi connectivity index (χ0v) is 14.2. The van der Waals surface area contributed by atoms with Gasteiger partial charge >= 0.3 is 0 Å². The lowest BCUT2D eigenvalue weighted by Gasteiger charge is -2.09. The van der Waals surface area contributed by atoms with Crippen molar-refractivity contribution < 1.29 is 5.11 Å². The summed E-state index contributed by atoms with van der Waals surface area (Å²) in [6.45, 7) is 3.77. The molecule has 3 rings (SSSR count). The molecule has 1 aromatic carbocycles. The van der Waals surface area contributed by atoms with Crippen LogP contribution in [0.4, 0.5) is 0 Å². The Labute approximate surface area is 141 Å². The molecule has 7 heteroatoms. The number of nitrogens with zero attached hydrogens (tertiary/aromatic N) is 3. The number of aromatic nitrogens is 3. The number of thiazole rings is 1. The van der Waals surface area contributed by atoms with Gasteiger partial charge < -0.3 is 10.1 Å². The highest BCUT2D eigenvalue weighted by atomic mass is 32.2. The van der Waals surface area contributed by atoms with Crippen molar-refractivity contribution in [3.63, 3.8) is 0 Å². The molecule has 0 aliphatic rings. The van der Waals surface area contributed by atoms with Crippen molar-refractivity contribution in [2.45, 2.75) is 23.4 Å². The first-order chi connectivity index (χ1) is 11.1. The molecule has 1 atom stereocenters. The summed E-state index contributed by atoms with van der Waals surface area (Å²) in [6, 6.07) is 9.57. The standard InChI is InChI=1S/C16H14N4OS2/c1-9-8-22-16(18-9)23-10(2)14(21)11(7-17)15-19-12-5-3-4-6-13(12)20-15/h3-6,8,10,21H,1-2H3,(H,19,20)/t10-/m0/s1. The average Bonchev–Trinajstić information content (AvgIpc) is 3.13. The molecule has 2 N–H and O–H groups in total. The van der Waals surface area contributed by atoms with Gasteiger partial charge in [0.15, 0.2) is 10.2 Å². The van der Waals surface area contributed by atoms with Crippen LogP contribution in [-0.4, -0.2) is 25.3 Å². The van der Waals surface area contributed by atoms with Crippen LogP contribution in [0.5, 0.6) is 0 Å². The molecule has 0 saturated heterocycles. The monoisotopic (exact) mass is 342 g/mol. The van der Waals surface area contributed by atoms with Crippen LogP contribution >= 0.6 is 23.1 Å². The van der Waals surface area contributed by atoms with Gasteiger partial charge in [-0.25, -0.2) is 9.97 Å². The number of nitriles is 1. The van der Waals surface area contributed by atoms with Gasteiger partial charge in [-0.05, 0) is 26.0 Å². The molecule has 0 aliphatic heterocycles. The number of para-hydroxylation sites is 2. The largest absolute Gasteiger partial charge is 0.510 e. The Bertz CT molecular complexity index is 886. The van der Waals surface area contributed by atoms with Gasteiger partial charge in [0.2, 0.25) is 0 Å². The second kappa shape index (κ2) is 6.44. The maximum atomic E-state index is 10.5. The predicted octanol–water partition coefficient (Wildman–Crippen LogP) is 4.30. The van der Waals surface area contributed by atoms with E-state index < -0.39 is 0 Å². The lowest BCUT2D eigenvalue weighted by Crippen LogP contribution is -2.04. The summed E-state index contributed by atoms with van der Waals surface area (Å²) >= 11 is 2.95. The minimum absolute atomic E-state index is 0.00408. The number of allylic oxidation sites excluding steroid dienone is 1. The van der Waals surface area contributed by atoms with E-state index in [-0.39, 0.29) is 16.6 Å². The van der Waals surface area contributed by atoms with Gasteiger partial charge in [0.25, 0.3) is 0 Å². The molecule has 3 aromatic rings. The first-order valence-electron chi connectivity index (χ1n) is 6.95. The van der Waals surface area contributed by atoms with Gasteiger partial charge in [-0.15, -0.1) is 11.3 Å². The van der Waals surface area contributed by atoms with Crippen molar-refractivity contribution in [1.82, 2.24) is 15.0 Å². The van der Waals surface area contributed by atoms with Gasteiger partial charge in [-0.2, -0.15) is 5.26 Å². The van der Waals surface area contributed by atoms with E-state index in [1.807, 2.05) is 43.5 Å². The Kier molecular flexibility index (Phi) is 4.37. The molecule has 0 unspecified atom stereocenters. The third-order valence-electron chi connectivity index (χ3n) is 3.25. The van der Waals surface area contributed by atoms with Gasteiger partial charge in [0.05, 0.1) is 16.3 Å².